The number of hydrazone groups is 1. The number of nitrogens with zero attached hydrogens (tertiary/aromatic N) is 3. The smallest absolute Gasteiger partial charge is 0.338 e. The van der Waals surface area contributed by atoms with Gasteiger partial charge in [-0.2, -0.15) is 5.10 Å². The average molecular weight is 372 g/mol. The number of hydrogen-bond donors (Lipinski definition) is 1. The van der Waals surface area contributed by atoms with Crippen LogP contribution in [0.1, 0.15) is 23.7 Å². The molecule has 2 aromatic carbocycles. The highest BCUT2D eigenvalue weighted by Gasteiger charge is 2.19. The second kappa shape index (κ2) is 9.04. The maximum atomic E-state index is 12.0. The predicted octanol–water partition coefficient (Wildman–Crippen LogP) is 3.54. The molecule has 10 heteroatoms. The van der Waals surface area contributed by atoms with Crippen molar-refractivity contribution < 1.29 is 19.4 Å². The summed E-state index contributed by atoms with van der Waals surface area (Å²) in [5.41, 5.74) is 1.93. The summed E-state index contributed by atoms with van der Waals surface area (Å²) in [4.78, 5) is 32.4. The largest absolute Gasteiger partial charge is 0.453 e. The SMILES string of the molecule is CCC(/C=N/Nc1ccc([N+](=O)[O-])cc1[N+](=O)[O-])OC(=O)c1ccccc1. The van der Waals surface area contributed by atoms with Crippen molar-refractivity contribution in [1.82, 2.24) is 0 Å². The number of anilines is 1. The van der Waals surface area contributed by atoms with Crippen molar-refractivity contribution in [2.75, 3.05) is 5.43 Å². The first-order valence-corrected chi connectivity index (χ1v) is 7.90. The summed E-state index contributed by atoms with van der Waals surface area (Å²) < 4.78 is 5.30. The number of rotatable bonds is 8. The normalized spacial score (nSPS) is 11.7. The Labute approximate surface area is 153 Å². The van der Waals surface area contributed by atoms with Crippen molar-refractivity contribution in [3.05, 3.63) is 74.3 Å². The van der Waals surface area contributed by atoms with E-state index in [-0.39, 0.29) is 5.69 Å². The van der Waals surface area contributed by atoms with E-state index in [2.05, 4.69) is 10.5 Å². The maximum Gasteiger partial charge on any atom is 0.338 e. The molecule has 2 rings (SSSR count). The summed E-state index contributed by atoms with van der Waals surface area (Å²) in [6, 6.07) is 11.6. The second-order valence-electron chi connectivity index (χ2n) is 5.32. The molecule has 10 nitrogen and oxygen atoms in total. The van der Waals surface area contributed by atoms with Gasteiger partial charge in [0.15, 0.2) is 0 Å². The van der Waals surface area contributed by atoms with E-state index >= 15 is 0 Å². The van der Waals surface area contributed by atoms with Crippen LogP contribution in [0.25, 0.3) is 0 Å². The van der Waals surface area contributed by atoms with Gasteiger partial charge in [0, 0.05) is 6.07 Å². The molecule has 0 aromatic heterocycles. The first-order chi connectivity index (χ1) is 12.9. The number of hydrogen-bond acceptors (Lipinski definition) is 8. The van der Waals surface area contributed by atoms with Crippen LogP contribution >= 0.6 is 0 Å². The zero-order chi connectivity index (χ0) is 19.8. The summed E-state index contributed by atoms with van der Waals surface area (Å²) in [7, 11) is 0. The Kier molecular flexibility index (Phi) is 6.53. The Bertz CT molecular complexity index is 869. The third-order valence-electron chi connectivity index (χ3n) is 3.48. The van der Waals surface area contributed by atoms with Gasteiger partial charge in [-0.25, -0.2) is 4.79 Å². The van der Waals surface area contributed by atoms with Gasteiger partial charge in [0.25, 0.3) is 5.69 Å². The number of nitrogens with one attached hydrogen (secondary N) is 1. The number of ether oxygens (including phenoxy) is 1. The molecule has 0 amide bonds. The van der Waals surface area contributed by atoms with Gasteiger partial charge >= 0.3 is 11.7 Å². The second-order valence-corrected chi connectivity index (χ2v) is 5.32. The Morgan fingerprint density at radius 2 is 1.89 bits per heavy atom. The lowest BCUT2D eigenvalue weighted by Crippen LogP contribution is -2.19. The minimum atomic E-state index is -0.752. The van der Waals surface area contributed by atoms with E-state index in [4.69, 9.17) is 4.74 Å². The topological polar surface area (TPSA) is 137 Å². The van der Waals surface area contributed by atoms with E-state index in [1.807, 2.05) is 0 Å². The summed E-state index contributed by atoms with van der Waals surface area (Å²) >= 11 is 0. The van der Waals surface area contributed by atoms with Gasteiger partial charge in [0.2, 0.25) is 0 Å². The van der Waals surface area contributed by atoms with Crippen molar-refractivity contribution in [3.63, 3.8) is 0 Å². The van der Waals surface area contributed by atoms with E-state index in [1.165, 1.54) is 12.3 Å². The van der Waals surface area contributed by atoms with Gasteiger partial charge in [0.1, 0.15) is 11.8 Å². The van der Waals surface area contributed by atoms with Crippen LogP contribution in [0.4, 0.5) is 17.1 Å². The molecule has 0 radical (unpaired) electrons. The highest BCUT2D eigenvalue weighted by Crippen LogP contribution is 2.28. The van der Waals surface area contributed by atoms with Gasteiger partial charge in [-0.15, -0.1) is 0 Å². The highest BCUT2D eigenvalue weighted by atomic mass is 16.6. The molecule has 0 saturated heterocycles. The van der Waals surface area contributed by atoms with E-state index in [0.717, 1.165) is 12.1 Å². The number of carbonyl (C=O) groups is 1. The molecule has 0 spiro atoms. The molecular weight excluding hydrogens is 356 g/mol. The minimum Gasteiger partial charge on any atom is -0.453 e. The van der Waals surface area contributed by atoms with Crippen LogP contribution in [0.15, 0.2) is 53.6 Å². The lowest BCUT2D eigenvalue weighted by molar-refractivity contribution is -0.393. The molecule has 1 atom stereocenters. The summed E-state index contributed by atoms with van der Waals surface area (Å²) in [5.74, 6) is -0.518. The number of carbonyl (C=O) groups excluding carboxylic acids is 1. The predicted molar refractivity (Wildman–Crippen MR) is 97.8 cm³/mol. The molecule has 0 aliphatic carbocycles. The Morgan fingerprint density at radius 3 is 2.48 bits per heavy atom. The Hall–Kier alpha value is -3.82. The van der Waals surface area contributed by atoms with Gasteiger partial charge in [-0.3, -0.25) is 25.7 Å². The van der Waals surface area contributed by atoms with E-state index in [0.29, 0.717) is 12.0 Å². The fourth-order valence-electron chi connectivity index (χ4n) is 2.07. The van der Waals surface area contributed by atoms with Crippen LogP contribution in [0.2, 0.25) is 0 Å². The first-order valence-electron chi connectivity index (χ1n) is 7.90. The Balaban J connectivity index is 2.07. The van der Waals surface area contributed by atoms with Crippen LogP contribution in [-0.4, -0.2) is 28.1 Å². The monoisotopic (exact) mass is 372 g/mol. The van der Waals surface area contributed by atoms with Crippen LogP contribution in [0.5, 0.6) is 0 Å². The molecule has 0 saturated carbocycles. The summed E-state index contributed by atoms with van der Waals surface area (Å²) in [6.07, 6.45) is 1.08. The molecule has 1 N–H and O–H groups in total. The van der Waals surface area contributed by atoms with Crippen molar-refractivity contribution >= 4 is 29.2 Å². The summed E-state index contributed by atoms with van der Waals surface area (Å²) in [6.45, 7) is 1.78. The third-order valence-corrected chi connectivity index (χ3v) is 3.48. The number of non-ortho nitro benzene ring substituents is 1. The fraction of sp³-hybridized carbons (Fsp3) is 0.176. The average Bonchev–Trinajstić information content (AvgIpc) is 2.67. The van der Waals surface area contributed by atoms with Crippen LogP contribution in [0.3, 0.4) is 0 Å². The van der Waals surface area contributed by atoms with Gasteiger partial charge < -0.3 is 4.74 Å². The molecule has 0 bridgehead atoms. The summed E-state index contributed by atoms with van der Waals surface area (Å²) in [5, 5.41) is 25.7. The molecule has 140 valence electrons. The zero-order valence-corrected chi connectivity index (χ0v) is 14.3. The fourth-order valence-corrected chi connectivity index (χ4v) is 2.07. The Morgan fingerprint density at radius 1 is 1.19 bits per heavy atom. The zero-order valence-electron chi connectivity index (χ0n) is 14.3. The first kappa shape index (κ1) is 19.5. The highest BCUT2D eigenvalue weighted by molar-refractivity contribution is 5.90. The minimum absolute atomic E-state index is 0.0221. The van der Waals surface area contributed by atoms with E-state index in [1.54, 1.807) is 37.3 Å². The van der Waals surface area contributed by atoms with Gasteiger partial charge in [-0.1, -0.05) is 25.1 Å². The number of benzene rings is 2. The van der Waals surface area contributed by atoms with Gasteiger partial charge in [0.05, 0.1) is 27.7 Å². The quantitative estimate of drug-likeness (QED) is 0.324. The van der Waals surface area contributed by atoms with Crippen LogP contribution in [-0.2, 0) is 4.74 Å². The number of nitro groups is 2. The van der Waals surface area contributed by atoms with Gasteiger partial charge in [-0.05, 0) is 24.6 Å². The number of nitro benzene ring substituents is 2. The van der Waals surface area contributed by atoms with Crippen molar-refractivity contribution in [2.45, 2.75) is 19.4 Å². The molecule has 2 aromatic rings. The van der Waals surface area contributed by atoms with Crippen molar-refractivity contribution in [3.8, 4) is 0 Å². The van der Waals surface area contributed by atoms with Crippen molar-refractivity contribution in [2.24, 2.45) is 5.10 Å². The lowest BCUT2D eigenvalue weighted by atomic mass is 10.2. The molecular formula is C17H16N4O6. The van der Waals surface area contributed by atoms with Crippen LogP contribution < -0.4 is 5.43 Å². The molecule has 1 unspecified atom stereocenters. The standard InChI is InChI=1S/C17H16N4O6/c1-2-14(27-17(22)12-6-4-3-5-7-12)11-18-19-15-9-8-13(20(23)24)10-16(15)21(25)26/h3-11,14,19H,2H2,1H3/b18-11+. The molecule has 0 fully saturated rings. The van der Waals surface area contributed by atoms with Crippen molar-refractivity contribution in [1.29, 1.82) is 0 Å². The molecule has 0 heterocycles. The van der Waals surface area contributed by atoms with Crippen LogP contribution in [0, 0.1) is 20.2 Å². The maximum absolute atomic E-state index is 12.0. The molecule has 0 aliphatic heterocycles. The van der Waals surface area contributed by atoms with E-state index in [9.17, 15) is 25.0 Å². The lowest BCUT2D eigenvalue weighted by Gasteiger charge is -2.11. The molecule has 27 heavy (non-hydrogen) atoms. The molecule has 0 aliphatic rings. The third kappa shape index (κ3) is 5.33. The van der Waals surface area contributed by atoms with E-state index < -0.39 is 33.3 Å². The number of esters is 1.